The van der Waals surface area contributed by atoms with E-state index in [1.807, 2.05) is 13.8 Å². The van der Waals surface area contributed by atoms with Crippen molar-refractivity contribution in [3.63, 3.8) is 0 Å². The largest absolute Gasteiger partial charge is 0.339 e. The monoisotopic (exact) mass is 419 g/mol. The Balaban J connectivity index is 1.72. The van der Waals surface area contributed by atoms with Crippen LogP contribution < -0.4 is 0 Å². The third-order valence-electron chi connectivity index (χ3n) is 5.45. The van der Waals surface area contributed by atoms with E-state index in [-0.39, 0.29) is 41.1 Å². The van der Waals surface area contributed by atoms with Crippen molar-refractivity contribution >= 4 is 35.2 Å². The summed E-state index contributed by atoms with van der Waals surface area (Å²) in [5.41, 5.74) is 0.339. The molecule has 0 saturated carbocycles. The number of carbonyl (C=O) groups is 4. The van der Waals surface area contributed by atoms with E-state index in [0.717, 1.165) is 0 Å². The number of imide groups is 1. The molecule has 0 radical (unpaired) electrons. The lowest BCUT2D eigenvalue weighted by molar-refractivity contribution is -0.140. The molecule has 0 N–H and O–H groups in total. The number of halogens is 1. The molecule has 8 heteroatoms. The molecule has 2 aliphatic heterocycles. The summed E-state index contributed by atoms with van der Waals surface area (Å²) >= 11 is 5.90. The smallest absolute Gasteiger partial charge is 0.261 e. The molecule has 1 aromatic rings. The second-order valence-corrected chi connectivity index (χ2v) is 8.70. The van der Waals surface area contributed by atoms with E-state index in [1.54, 1.807) is 35.8 Å². The second-order valence-electron chi connectivity index (χ2n) is 8.44. The predicted octanol–water partition coefficient (Wildman–Crippen LogP) is 2.24. The maximum absolute atomic E-state index is 12.9. The molecule has 3 rings (SSSR count). The van der Waals surface area contributed by atoms with Crippen molar-refractivity contribution in [2.45, 2.75) is 33.7 Å². The lowest BCUT2D eigenvalue weighted by Gasteiger charge is -2.38. The fraction of sp³-hybridized carbons (Fsp3) is 0.524. The molecule has 0 spiro atoms. The van der Waals surface area contributed by atoms with Gasteiger partial charge in [-0.15, -0.1) is 11.6 Å². The zero-order valence-electron chi connectivity index (χ0n) is 17.2. The van der Waals surface area contributed by atoms with E-state index in [0.29, 0.717) is 37.3 Å². The highest BCUT2D eigenvalue weighted by atomic mass is 35.5. The van der Waals surface area contributed by atoms with Gasteiger partial charge in [-0.05, 0) is 45.9 Å². The number of alkyl halides is 1. The minimum Gasteiger partial charge on any atom is -0.339 e. The zero-order valence-corrected chi connectivity index (χ0v) is 18.0. The fourth-order valence-electron chi connectivity index (χ4n) is 3.64. The maximum Gasteiger partial charge on any atom is 0.261 e. The summed E-state index contributed by atoms with van der Waals surface area (Å²) < 4.78 is 0. The number of amides is 4. The van der Waals surface area contributed by atoms with E-state index in [1.165, 1.54) is 11.0 Å². The van der Waals surface area contributed by atoms with Crippen LogP contribution in [-0.2, 0) is 4.79 Å². The predicted molar refractivity (Wildman–Crippen MR) is 109 cm³/mol. The van der Waals surface area contributed by atoms with E-state index in [2.05, 4.69) is 0 Å². The number of hydrogen-bond acceptors (Lipinski definition) is 4. The van der Waals surface area contributed by atoms with Crippen LogP contribution in [0.3, 0.4) is 0 Å². The van der Waals surface area contributed by atoms with Crippen molar-refractivity contribution in [1.82, 2.24) is 14.7 Å². The molecular formula is C21H26ClN3O4. The van der Waals surface area contributed by atoms with Crippen LogP contribution in [0.5, 0.6) is 0 Å². The molecule has 0 atom stereocenters. The molecule has 7 nitrogen and oxygen atoms in total. The average molecular weight is 420 g/mol. The van der Waals surface area contributed by atoms with Gasteiger partial charge in [-0.1, -0.05) is 0 Å². The van der Waals surface area contributed by atoms with Crippen LogP contribution in [0.15, 0.2) is 18.2 Å². The molecule has 0 bridgehead atoms. The van der Waals surface area contributed by atoms with Crippen LogP contribution in [-0.4, -0.2) is 76.4 Å². The minimum atomic E-state index is -0.636. The first-order chi connectivity index (χ1) is 13.6. The van der Waals surface area contributed by atoms with Crippen molar-refractivity contribution < 1.29 is 19.2 Å². The molecule has 1 aromatic carbocycles. The van der Waals surface area contributed by atoms with Crippen LogP contribution in [0.2, 0.25) is 0 Å². The van der Waals surface area contributed by atoms with Gasteiger partial charge in [0.2, 0.25) is 5.91 Å². The third kappa shape index (κ3) is 3.75. The molecule has 0 aliphatic carbocycles. The first kappa shape index (κ1) is 21.3. The summed E-state index contributed by atoms with van der Waals surface area (Å²) in [6.45, 7) is 8.87. The molecule has 4 amide bonds. The Kier molecular flexibility index (Phi) is 5.72. The van der Waals surface area contributed by atoms with E-state index >= 15 is 0 Å². The normalized spacial score (nSPS) is 17.2. The Hall–Kier alpha value is -2.41. The van der Waals surface area contributed by atoms with Crippen LogP contribution in [0.25, 0.3) is 0 Å². The molecule has 29 heavy (non-hydrogen) atoms. The third-order valence-corrected chi connectivity index (χ3v) is 6.12. The summed E-state index contributed by atoms with van der Waals surface area (Å²) in [4.78, 5) is 55.0. The van der Waals surface area contributed by atoms with E-state index in [4.69, 9.17) is 11.6 Å². The van der Waals surface area contributed by atoms with Gasteiger partial charge >= 0.3 is 0 Å². The average Bonchev–Trinajstić information content (AvgIpc) is 2.96. The molecule has 156 valence electrons. The summed E-state index contributed by atoms with van der Waals surface area (Å²) in [6.07, 6.45) is 0. The lowest BCUT2D eigenvalue weighted by Crippen LogP contribution is -2.53. The van der Waals surface area contributed by atoms with Gasteiger partial charge in [0.05, 0.1) is 16.5 Å². The van der Waals surface area contributed by atoms with Crippen LogP contribution in [0.4, 0.5) is 0 Å². The summed E-state index contributed by atoms with van der Waals surface area (Å²) in [7, 11) is 0. The number of carbonyl (C=O) groups excluding carboxylic acids is 4. The van der Waals surface area contributed by atoms with Crippen molar-refractivity contribution in [3.8, 4) is 0 Å². The number of fused-ring (bicyclic) bond motifs is 1. The van der Waals surface area contributed by atoms with Crippen molar-refractivity contribution in [3.05, 3.63) is 34.9 Å². The number of piperazine rings is 1. The first-order valence-electron chi connectivity index (χ1n) is 9.75. The highest BCUT2D eigenvalue weighted by Crippen LogP contribution is 2.27. The van der Waals surface area contributed by atoms with Gasteiger partial charge in [-0.25, -0.2) is 0 Å². The van der Waals surface area contributed by atoms with Crippen LogP contribution in [0, 0.1) is 5.41 Å². The summed E-state index contributed by atoms with van der Waals surface area (Å²) in [6, 6.07) is 4.40. The van der Waals surface area contributed by atoms with Crippen molar-refractivity contribution in [1.29, 1.82) is 0 Å². The molecule has 2 aliphatic rings. The van der Waals surface area contributed by atoms with Gasteiger partial charge in [-0.2, -0.15) is 0 Å². The lowest BCUT2D eigenvalue weighted by atomic mass is 9.94. The van der Waals surface area contributed by atoms with Gasteiger partial charge in [0.25, 0.3) is 17.7 Å². The van der Waals surface area contributed by atoms with E-state index < -0.39 is 5.41 Å². The Morgan fingerprint density at radius 1 is 1.00 bits per heavy atom. The Labute approximate surface area is 175 Å². The van der Waals surface area contributed by atoms with Gasteiger partial charge in [0.15, 0.2) is 0 Å². The standard InChI is InChI=1S/C21H26ClN3O4/c1-13(2)25-18(27)15-6-5-14(11-16(15)19(25)28)17(26)23-7-9-24(10-8-23)20(29)21(3,4)12-22/h5-6,11,13H,7-10,12H2,1-4H3. The van der Waals surface area contributed by atoms with Crippen LogP contribution >= 0.6 is 11.6 Å². The minimum absolute atomic E-state index is 0.0185. The molecule has 1 saturated heterocycles. The fourth-order valence-corrected chi connectivity index (χ4v) is 3.76. The zero-order chi connectivity index (χ0) is 21.5. The maximum atomic E-state index is 12.9. The van der Waals surface area contributed by atoms with Crippen LogP contribution in [0.1, 0.15) is 58.8 Å². The van der Waals surface area contributed by atoms with Crippen molar-refractivity contribution in [2.75, 3.05) is 32.1 Å². The molecule has 1 fully saturated rings. The summed E-state index contributed by atoms with van der Waals surface area (Å²) in [5, 5.41) is 0. The Morgan fingerprint density at radius 2 is 1.55 bits per heavy atom. The first-order valence-corrected chi connectivity index (χ1v) is 10.3. The second kappa shape index (κ2) is 7.78. The number of benzene rings is 1. The van der Waals surface area contributed by atoms with Gasteiger partial charge < -0.3 is 9.80 Å². The van der Waals surface area contributed by atoms with E-state index in [9.17, 15) is 19.2 Å². The Morgan fingerprint density at radius 3 is 2.10 bits per heavy atom. The van der Waals surface area contributed by atoms with Gasteiger partial charge in [-0.3, -0.25) is 24.1 Å². The SMILES string of the molecule is CC(C)N1C(=O)c2ccc(C(=O)N3CCN(C(=O)C(C)(C)CCl)CC3)cc2C1=O. The number of nitrogens with zero attached hydrogens (tertiary/aromatic N) is 3. The van der Waals surface area contributed by atoms with Gasteiger partial charge in [0, 0.05) is 43.7 Å². The highest BCUT2D eigenvalue weighted by Gasteiger charge is 2.38. The highest BCUT2D eigenvalue weighted by molar-refractivity contribution is 6.22. The Bertz CT molecular complexity index is 873. The number of hydrogen-bond donors (Lipinski definition) is 0. The number of rotatable bonds is 4. The molecule has 0 unspecified atom stereocenters. The molecular weight excluding hydrogens is 394 g/mol. The van der Waals surface area contributed by atoms with Crippen molar-refractivity contribution in [2.24, 2.45) is 5.41 Å². The topological polar surface area (TPSA) is 78.0 Å². The summed E-state index contributed by atoms with van der Waals surface area (Å²) in [5.74, 6) is -0.684. The molecule has 0 aromatic heterocycles. The van der Waals surface area contributed by atoms with Gasteiger partial charge in [0.1, 0.15) is 0 Å². The molecule has 2 heterocycles. The quantitative estimate of drug-likeness (QED) is 0.554.